The van der Waals surface area contributed by atoms with Crippen LogP contribution < -0.4 is 10.5 Å². The molecule has 1 aromatic rings. The van der Waals surface area contributed by atoms with E-state index in [2.05, 4.69) is 6.92 Å². The van der Waals surface area contributed by atoms with Gasteiger partial charge in [-0.2, -0.15) is 0 Å². The zero-order chi connectivity index (χ0) is 13.1. The van der Waals surface area contributed by atoms with E-state index in [-0.39, 0.29) is 5.91 Å². The number of hydrogen-bond acceptors (Lipinski definition) is 3. The van der Waals surface area contributed by atoms with E-state index >= 15 is 0 Å². The highest BCUT2D eigenvalue weighted by atomic mass is 16.5. The van der Waals surface area contributed by atoms with E-state index in [0.717, 1.165) is 24.3 Å². The Morgan fingerprint density at radius 3 is 2.89 bits per heavy atom. The molecule has 0 aliphatic carbocycles. The third kappa shape index (κ3) is 2.58. The number of carbonyl (C=O) groups is 1. The Morgan fingerprint density at radius 1 is 1.50 bits per heavy atom. The number of nitrogens with two attached hydrogens (primary N) is 1. The number of nitrogens with zero attached hydrogens (tertiary/aromatic N) is 1. The molecule has 2 N–H and O–H groups in total. The number of rotatable bonds is 4. The first-order chi connectivity index (χ1) is 8.63. The van der Waals surface area contributed by atoms with Gasteiger partial charge in [-0.05, 0) is 12.0 Å². The van der Waals surface area contributed by atoms with Crippen LogP contribution in [0.15, 0.2) is 18.2 Å². The minimum Gasteiger partial charge on any atom is -0.496 e. The fourth-order valence-electron chi connectivity index (χ4n) is 2.38. The zero-order valence-electron chi connectivity index (χ0n) is 11.0. The Kier molecular flexibility index (Phi) is 3.75. The Balaban J connectivity index is 2.12. The monoisotopic (exact) mass is 248 g/mol. The highest BCUT2D eigenvalue weighted by Gasteiger charge is 2.28. The number of hydrogen-bond donors (Lipinski definition) is 1. The van der Waals surface area contributed by atoms with Crippen LogP contribution in [0.25, 0.3) is 0 Å². The largest absolute Gasteiger partial charge is 0.496 e. The molecule has 1 amide bonds. The fourth-order valence-corrected chi connectivity index (χ4v) is 2.38. The second-order valence-corrected chi connectivity index (χ2v) is 4.82. The zero-order valence-corrected chi connectivity index (χ0v) is 11.0. The van der Waals surface area contributed by atoms with E-state index < -0.39 is 0 Å². The van der Waals surface area contributed by atoms with E-state index in [1.54, 1.807) is 13.2 Å². The highest BCUT2D eigenvalue weighted by molar-refractivity contribution is 5.78. The topological polar surface area (TPSA) is 55.6 Å². The summed E-state index contributed by atoms with van der Waals surface area (Å²) in [4.78, 5) is 13.8. The standard InChI is InChI=1S/C14H20N2O2/c1-3-10-6-14(17)16(8-10)9-11-4-5-12(15)7-13(11)18-2/h4-5,7,10H,3,6,8-9,15H2,1-2H3. The summed E-state index contributed by atoms with van der Waals surface area (Å²) in [6.45, 7) is 3.59. The van der Waals surface area contributed by atoms with E-state index in [4.69, 9.17) is 10.5 Å². The highest BCUT2D eigenvalue weighted by Crippen LogP contribution is 2.27. The Morgan fingerprint density at radius 2 is 2.28 bits per heavy atom. The number of methoxy groups -OCH3 is 1. The number of benzene rings is 1. The second kappa shape index (κ2) is 5.29. The van der Waals surface area contributed by atoms with E-state index in [1.165, 1.54) is 0 Å². The number of nitrogen functional groups attached to an aromatic ring is 1. The third-order valence-corrected chi connectivity index (χ3v) is 3.54. The minimum atomic E-state index is 0.237. The smallest absolute Gasteiger partial charge is 0.223 e. The van der Waals surface area contributed by atoms with Gasteiger partial charge in [0.25, 0.3) is 0 Å². The Hall–Kier alpha value is -1.71. The van der Waals surface area contributed by atoms with Crippen molar-refractivity contribution in [2.45, 2.75) is 26.3 Å². The van der Waals surface area contributed by atoms with Gasteiger partial charge in [-0.25, -0.2) is 0 Å². The van der Waals surface area contributed by atoms with Crippen molar-refractivity contribution in [1.82, 2.24) is 4.90 Å². The molecule has 18 heavy (non-hydrogen) atoms. The first-order valence-electron chi connectivity index (χ1n) is 6.34. The summed E-state index contributed by atoms with van der Waals surface area (Å²) in [6.07, 6.45) is 1.73. The first kappa shape index (κ1) is 12.7. The van der Waals surface area contributed by atoms with Gasteiger partial charge in [0.15, 0.2) is 0 Å². The number of amides is 1. The molecule has 0 radical (unpaired) electrons. The Labute approximate surface area is 108 Å². The molecule has 1 heterocycles. The van der Waals surface area contributed by atoms with Crippen LogP contribution >= 0.6 is 0 Å². The van der Waals surface area contributed by atoms with Crippen LogP contribution in [0.2, 0.25) is 0 Å². The molecule has 0 saturated carbocycles. The minimum absolute atomic E-state index is 0.237. The molecule has 0 aromatic heterocycles. The van der Waals surface area contributed by atoms with E-state index in [0.29, 0.717) is 24.6 Å². The molecule has 1 saturated heterocycles. The van der Waals surface area contributed by atoms with Crippen molar-refractivity contribution in [3.63, 3.8) is 0 Å². The van der Waals surface area contributed by atoms with Crippen LogP contribution in [0.5, 0.6) is 5.75 Å². The molecular formula is C14H20N2O2. The van der Waals surface area contributed by atoms with Crippen molar-refractivity contribution in [1.29, 1.82) is 0 Å². The van der Waals surface area contributed by atoms with Crippen LogP contribution in [-0.2, 0) is 11.3 Å². The van der Waals surface area contributed by atoms with Gasteiger partial charge in [0.2, 0.25) is 5.91 Å². The lowest BCUT2D eigenvalue weighted by atomic mass is 10.1. The number of anilines is 1. The summed E-state index contributed by atoms with van der Waals surface area (Å²) >= 11 is 0. The first-order valence-corrected chi connectivity index (χ1v) is 6.34. The van der Waals surface area contributed by atoms with Crippen LogP contribution in [0, 0.1) is 5.92 Å². The van der Waals surface area contributed by atoms with Gasteiger partial charge in [0.05, 0.1) is 7.11 Å². The van der Waals surface area contributed by atoms with Crippen LogP contribution in [-0.4, -0.2) is 24.5 Å². The van der Waals surface area contributed by atoms with Gasteiger partial charge in [-0.15, -0.1) is 0 Å². The second-order valence-electron chi connectivity index (χ2n) is 4.82. The quantitative estimate of drug-likeness (QED) is 0.829. The summed E-state index contributed by atoms with van der Waals surface area (Å²) < 4.78 is 5.31. The third-order valence-electron chi connectivity index (χ3n) is 3.54. The van der Waals surface area contributed by atoms with Crippen molar-refractivity contribution < 1.29 is 9.53 Å². The summed E-state index contributed by atoms with van der Waals surface area (Å²) in [5.41, 5.74) is 7.41. The average Bonchev–Trinajstić information content (AvgIpc) is 2.72. The lowest BCUT2D eigenvalue weighted by Crippen LogP contribution is -2.24. The van der Waals surface area contributed by atoms with Gasteiger partial charge in [0, 0.05) is 36.8 Å². The molecule has 4 heteroatoms. The van der Waals surface area contributed by atoms with Crippen LogP contribution in [0.4, 0.5) is 5.69 Å². The van der Waals surface area contributed by atoms with Crippen LogP contribution in [0.3, 0.4) is 0 Å². The molecule has 1 fully saturated rings. The Bertz CT molecular complexity index is 445. The molecule has 98 valence electrons. The molecule has 1 unspecified atom stereocenters. The molecule has 1 aromatic carbocycles. The normalized spacial score (nSPS) is 19.3. The summed E-state index contributed by atoms with van der Waals surface area (Å²) in [5, 5.41) is 0. The summed E-state index contributed by atoms with van der Waals surface area (Å²) in [6, 6.07) is 5.57. The lowest BCUT2D eigenvalue weighted by molar-refractivity contribution is -0.128. The predicted octanol–water partition coefficient (Wildman–Crippen LogP) is 2.04. The molecule has 2 rings (SSSR count). The summed E-state index contributed by atoms with van der Waals surface area (Å²) in [5.74, 6) is 1.49. The van der Waals surface area contributed by atoms with Crippen molar-refractivity contribution in [3.05, 3.63) is 23.8 Å². The molecular weight excluding hydrogens is 228 g/mol. The molecule has 1 aliphatic rings. The number of likely N-dealkylation sites (tertiary alicyclic amines) is 1. The molecule has 1 atom stereocenters. The molecule has 0 bridgehead atoms. The predicted molar refractivity (Wildman–Crippen MR) is 71.2 cm³/mol. The fraction of sp³-hybridized carbons (Fsp3) is 0.500. The van der Waals surface area contributed by atoms with Crippen LogP contribution in [0.1, 0.15) is 25.3 Å². The SMILES string of the molecule is CCC1CC(=O)N(Cc2ccc(N)cc2OC)C1. The summed E-state index contributed by atoms with van der Waals surface area (Å²) in [7, 11) is 1.62. The molecule has 4 nitrogen and oxygen atoms in total. The van der Waals surface area contributed by atoms with Crippen molar-refractivity contribution in [3.8, 4) is 5.75 Å². The van der Waals surface area contributed by atoms with Crippen molar-refractivity contribution in [2.24, 2.45) is 5.92 Å². The van der Waals surface area contributed by atoms with Gasteiger partial charge in [-0.3, -0.25) is 4.79 Å². The van der Waals surface area contributed by atoms with Gasteiger partial charge < -0.3 is 15.4 Å². The maximum atomic E-state index is 11.9. The number of ether oxygens (including phenoxy) is 1. The molecule has 0 spiro atoms. The average molecular weight is 248 g/mol. The van der Waals surface area contributed by atoms with Gasteiger partial charge in [0.1, 0.15) is 5.75 Å². The maximum absolute atomic E-state index is 11.9. The number of carbonyl (C=O) groups excluding carboxylic acids is 1. The van der Waals surface area contributed by atoms with E-state index in [1.807, 2.05) is 17.0 Å². The molecule has 1 aliphatic heterocycles. The van der Waals surface area contributed by atoms with Crippen molar-refractivity contribution >= 4 is 11.6 Å². The van der Waals surface area contributed by atoms with Crippen molar-refractivity contribution in [2.75, 3.05) is 19.4 Å². The van der Waals surface area contributed by atoms with Gasteiger partial charge in [-0.1, -0.05) is 19.4 Å². The van der Waals surface area contributed by atoms with E-state index in [9.17, 15) is 4.79 Å². The lowest BCUT2D eigenvalue weighted by Gasteiger charge is -2.18. The maximum Gasteiger partial charge on any atom is 0.223 e. The van der Waals surface area contributed by atoms with Gasteiger partial charge >= 0.3 is 0 Å².